The molecule has 2 atom stereocenters. The monoisotopic (exact) mass is 574 g/mol. The maximum atomic E-state index is 15.6. The van der Waals surface area contributed by atoms with Gasteiger partial charge in [0.2, 0.25) is 0 Å². The highest BCUT2D eigenvalue weighted by molar-refractivity contribution is 5.87. The molecule has 3 aromatic rings. The van der Waals surface area contributed by atoms with Crippen molar-refractivity contribution in [2.45, 2.75) is 112 Å². The summed E-state index contributed by atoms with van der Waals surface area (Å²) in [7, 11) is 0. The minimum Gasteiger partial charge on any atom is -0.384 e. The van der Waals surface area contributed by atoms with Gasteiger partial charge in [0, 0.05) is 41.0 Å². The number of benzene rings is 1. The Morgan fingerprint density at radius 2 is 1.90 bits per heavy atom. The van der Waals surface area contributed by atoms with Gasteiger partial charge >= 0.3 is 0 Å². The van der Waals surface area contributed by atoms with Gasteiger partial charge < -0.3 is 16.0 Å². The number of fused-ring (bicyclic) bond motifs is 1. The summed E-state index contributed by atoms with van der Waals surface area (Å²) < 4.78 is 17.7. The Hall–Kier alpha value is -3.35. The number of unbranched alkanes of at least 4 members (excludes halogenated alkanes) is 1. The fourth-order valence-corrected chi connectivity index (χ4v) is 5.91. The smallest absolute Gasteiger partial charge is 0.166 e. The molecule has 2 heterocycles. The van der Waals surface area contributed by atoms with Crippen LogP contribution in [0.1, 0.15) is 97.6 Å². The maximum absolute atomic E-state index is 15.6. The lowest BCUT2D eigenvalue weighted by atomic mass is 9.79. The molecule has 42 heavy (non-hydrogen) atoms. The number of halogens is 1. The number of aromatic nitrogens is 3. The normalized spacial score (nSPS) is 15.2. The SMILES string of the molecule is C=C(CC(C)(C)C)N[C@@H](C)C(CC1CCC1)Nc1nc(Nc2cc(C)c3c(cnn3CCCC)c2)c(C(=C)C)cc1F. The van der Waals surface area contributed by atoms with Crippen LogP contribution < -0.4 is 16.0 Å². The van der Waals surface area contributed by atoms with Crippen LogP contribution in [0.15, 0.2) is 43.3 Å². The van der Waals surface area contributed by atoms with Crippen LogP contribution in [-0.2, 0) is 6.54 Å². The predicted molar refractivity (Wildman–Crippen MR) is 177 cm³/mol. The first-order valence-corrected chi connectivity index (χ1v) is 15.6. The molecule has 1 saturated carbocycles. The molecule has 1 aromatic carbocycles. The predicted octanol–water partition coefficient (Wildman–Crippen LogP) is 9.35. The van der Waals surface area contributed by atoms with E-state index in [9.17, 15) is 0 Å². The highest BCUT2D eigenvalue weighted by Gasteiger charge is 2.28. The molecule has 1 aliphatic rings. The van der Waals surface area contributed by atoms with Gasteiger partial charge in [0.25, 0.3) is 0 Å². The summed E-state index contributed by atoms with van der Waals surface area (Å²) in [6, 6.07) is 5.81. The Bertz CT molecular complexity index is 1410. The first-order valence-electron chi connectivity index (χ1n) is 15.6. The Morgan fingerprint density at radius 1 is 1.17 bits per heavy atom. The van der Waals surface area contributed by atoms with Gasteiger partial charge in [0.05, 0.1) is 11.7 Å². The van der Waals surface area contributed by atoms with Gasteiger partial charge in [0.15, 0.2) is 11.6 Å². The highest BCUT2D eigenvalue weighted by Crippen LogP contribution is 2.34. The van der Waals surface area contributed by atoms with E-state index >= 15 is 4.39 Å². The third-order valence-corrected chi connectivity index (χ3v) is 8.26. The summed E-state index contributed by atoms with van der Waals surface area (Å²) in [4.78, 5) is 4.83. The van der Waals surface area contributed by atoms with Crippen LogP contribution in [0.25, 0.3) is 16.5 Å². The first kappa shape index (κ1) is 31.6. The van der Waals surface area contributed by atoms with E-state index in [1.807, 2.05) is 13.1 Å². The van der Waals surface area contributed by atoms with Crippen molar-refractivity contribution in [3.63, 3.8) is 0 Å². The van der Waals surface area contributed by atoms with Crippen molar-refractivity contribution >= 4 is 33.8 Å². The molecule has 1 aliphatic carbocycles. The van der Waals surface area contributed by atoms with Gasteiger partial charge in [0.1, 0.15) is 5.82 Å². The molecule has 1 fully saturated rings. The molecule has 4 rings (SSSR count). The summed E-state index contributed by atoms with van der Waals surface area (Å²) in [6.07, 6.45) is 9.69. The van der Waals surface area contributed by atoms with Crippen molar-refractivity contribution in [2.75, 3.05) is 10.6 Å². The van der Waals surface area contributed by atoms with E-state index < -0.39 is 0 Å². The molecular weight excluding hydrogens is 523 g/mol. The number of hydrogen-bond acceptors (Lipinski definition) is 5. The highest BCUT2D eigenvalue weighted by atomic mass is 19.1. The number of hydrogen-bond donors (Lipinski definition) is 3. The van der Waals surface area contributed by atoms with E-state index in [0.717, 1.165) is 65.7 Å². The van der Waals surface area contributed by atoms with Crippen LogP contribution in [0.2, 0.25) is 0 Å². The number of nitrogens with one attached hydrogen (secondary N) is 3. The topological polar surface area (TPSA) is 66.8 Å². The minimum absolute atomic E-state index is 0.00472. The molecule has 228 valence electrons. The van der Waals surface area contributed by atoms with Gasteiger partial charge in [-0.1, -0.05) is 66.5 Å². The van der Waals surface area contributed by atoms with Crippen LogP contribution in [0.4, 0.5) is 21.7 Å². The average Bonchev–Trinajstić information content (AvgIpc) is 3.27. The van der Waals surface area contributed by atoms with Crippen molar-refractivity contribution in [3.05, 3.63) is 60.2 Å². The van der Waals surface area contributed by atoms with E-state index in [0.29, 0.717) is 17.3 Å². The zero-order valence-corrected chi connectivity index (χ0v) is 26.8. The zero-order valence-electron chi connectivity index (χ0n) is 26.8. The number of rotatable bonds is 14. The fourth-order valence-electron chi connectivity index (χ4n) is 5.91. The number of nitrogens with zero attached hydrogens (tertiary/aromatic N) is 3. The van der Waals surface area contributed by atoms with Gasteiger partial charge in [-0.3, -0.25) is 4.68 Å². The van der Waals surface area contributed by atoms with Crippen molar-refractivity contribution in [3.8, 4) is 0 Å². The average molecular weight is 575 g/mol. The largest absolute Gasteiger partial charge is 0.384 e. The summed E-state index contributed by atoms with van der Waals surface area (Å²) in [5, 5.41) is 16.3. The van der Waals surface area contributed by atoms with Crippen molar-refractivity contribution in [1.29, 1.82) is 0 Å². The van der Waals surface area contributed by atoms with Crippen LogP contribution >= 0.6 is 0 Å². The second-order valence-corrected chi connectivity index (χ2v) is 13.6. The molecule has 0 aliphatic heterocycles. The minimum atomic E-state index is -0.373. The molecule has 7 heteroatoms. The molecule has 2 aromatic heterocycles. The Morgan fingerprint density at radius 3 is 2.52 bits per heavy atom. The quantitative estimate of drug-likeness (QED) is 0.179. The summed E-state index contributed by atoms with van der Waals surface area (Å²) >= 11 is 0. The van der Waals surface area contributed by atoms with Crippen molar-refractivity contribution < 1.29 is 4.39 Å². The summed E-state index contributed by atoms with van der Waals surface area (Å²) in [5.41, 5.74) is 5.74. The maximum Gasteiger partial charge on any atom is 0.166 e. The van der Waals surface area contributed by atoms with Crippen LogP contribution in [0, 0.1) is 24.1 Å². The standard InChI is InChI=1S/C35H51FN6/c1-10-11-15-42-32-23(4)16-28(18-27(32)21-37-42)39-33-29(22(2)3)19-30(36)34(41-33)40-31(17-26-13-12-14-26)25(6)38-24(5)20-35(7,8)9/h16,18-19,21,25-26,31,38H,2,5,10-15,17,20H2,1,3-4,6-9H3,(H2,39,40,41)/t25-,31?/m0/s1. The molecular formula is C35H51FN6. The number of pyridine rings is 1. The lowest BCUT2D eigenvalue weighted by molar-refractivity contribution is 0.266. The van der Waals surface area contributed by atoms with E-state index in [4.69, 9.17) is 4.98 Å². The third kappa shape index (κ3) is 7.93. The summed E-state index contributed by atoms with van der Waals surface area (Å²) in [5.74, 6) is 1.11. The number of allylic oxidation sites excluding steroid dienone is 2. The second kappa shape index (κ2) is 13.3. The van der Waals surface area contributed by atoms with Gasteiger partial charge in [-0.25, -0.2) is 9.37 Å². The van der Waals surface area contributed by atoms with Crippen LogP contribution in [0.3, 0.4) is 0 Å². The lowest BCUT2D eigenvalue weighted by Crippen LogP contribution is -2.44. The van der Waals surface area contributed by atoms with Crippen molar-refractivity contribution in [2.24, 2.45) is 11.3 Å². The van der Waals surface area contributed by atoms with E-state index in [2.05, 4.69) is 92.6 Å². The second-order valence-electron chi connectivity index (χ2n) is 13.6. The fraction of sp³-hybridized carbons (Fsp3) is 0.543. The van der Waals surface area contributed by atoms with E-state index in [-0.39, 0.29) is 29.1 Å². The Balaban J connectivity index is 1.61. The van der Waals surface area contributed by atoms with Gasteiger partial charge in [-0.15, -0.1) is 0 Å². The van der Waals surface area contributed by atoms with Crippen molar-refractivity contribution in [1.82, 2.24) is 20.1 Å². The molecule has 0 amide bonds. The number of anilines is 3. The van der Waals surface area contributed by atoms with Crippen LogP contribution in [-0.4, -0.2) is 26.8 Å². The van der Waals surface area contributed by atoms with E-state index in [1.165, 1.54) is 19.3 Å². The zero-order chi connectivity index (χ0) is 30.6. The molecule has 0 radical (unpaired) electrons. The number of aryl methyl sites for hydroxylation is 2. The lowest BCUT2D eigenvalue weighted by Gasteiger charge is -2.35. The van der Waals surface area contributed by atoms with Gasteiger partial charge in [-0.2, -0.15) is 5.10 Å². The molecule has 0 bridgehead atoms. The molecule has 6 nitrogen and oxygen atoms in total. The third-order valence-electron chi connectivity index (χ3n) is 8.26. The molecule has 1 unspecified atom stereocenters. The molecule has 0 spiro atoms. The molecule has 3 N–H and O–H groups in total. The Labute approximate surface area is 252 Å². The van der Waals surface area contributed by atoms with E-state index in [1.54, 1.807) is 6.07 Å². The Kier molecular flexibility index (Phi) is 10.0. The van der Waals surface area contributed by atoms with Gasteiger partial charge in [-0.05, 0) is 80.7 Å². The first-order chi connectivity index (χ1) is 19.8. The van der Waals surface area contributed by atoms with Crippen LogP contribution in [0.5, 0.6) is 0 Å². The molecule has 0 saturated heterocycles. The summed E-state index contributed by atoms with van der Waals surface area (Å²) in [6.45, 7) is 24.3.